The topological polar surface area (TPSA) is 74.7 Å². The third-order valence-electron chi connectivity index (χ3n) is 4.36. The van der Waals surface area contributed by atoms with Gasteiger partial charge in [0.1, 0.15) is 12.2 Å². The molecule has 1 aliphatic heterocycles. The first-order valence-corrected chi connectivity index (χ1v) is 8.94. The van der Waals surface area contributed by atoms with Gasteiger partial charge in [-0.15, -0.1) is 0 Å². The summed E-state index contributed by atoms with van der Waals surface area (Å²) in [5, 5.41) is 2.81. The number of pyridine rings is 1. The van der Waals surface area contributed by atoms with E-state index in [2.05, 4.69) is 15.3 Å². The lowest BCUT2D eigenvalue weighted by molar-refractivity contribution is -0.120. The lowest BCUT2D eigenvalue weighted by Gasteiger charge is -2.20. The van der Waals surface area contributed by atoms with Crippen molar-refractivity contribution in [3.63, 3.8) is 0 Å². The van der Waals surface area contributed by atoms with Crippen LogP contribution in [0, 0.1) is 0 Å². The first-order valence-electron chi connectivity index (χ1n) is 8.94. The fourth-order valence-corrected chi connectivity index (χ4v) is 3.05. The Kier molecular flexibility index (Phi) is 4.93. The highest BCUT2D eigenvalue weighted by atomic mass is 16.2. The van der Waals surface area contributed by atoms with Crippen LogP contribution in [-0.4, -0.2) is 29.1 Å². The zero-order valence-corrected chi connectivity index (χ0v) is 15.1. The molecule has 6 heteroatoms. The van der Waals surface area contributed by atoms with Crippen LogP contribution < -0.4 is 10.2 Å². The molecular formula is C22H18N4O2. The second-order valence-electron chi connectivity index (χ2n) is 6.34. The van der Waals surface area contributed by atoms with E-state index in [9.17, 15) is 9.59 Å². The number of aromatic nitrogens is 1. The van der Waals surface area contributed by atoms with E-state index >= 15 is 0 Å². The van der Waals surface area contributed by atoms with Crippen molar-refractivity contribution >= 4 is 34.7 Å². The molecule has 2 amide bonds. The number of nitrogens with one attached hydrogen (secondary N) is 1. The highest BCUT2D eigenvalue weighted by Gasteiger charge is 2.27. The average molecular weight is 370 g/mol. The van der Waals surface area contributed by atoms with Crippen LogP contribution in [-0.2, 0) is 9.59 Å². The Balaban J connectivity index is 1.62. The van der Waals surface area contributed by atoms with Gasteiger partial charge < -0.3 is 5.32 Å². The Bertz CT molecular complexity index is 1030. The molecule has 0 fully saturated rings. The van der Waals surface area contributed by atoms with E-state index in [0.717, 1.165) is 5.56 Å². The molecule has 0 aliphatic carbocycles. The summed E-state index contributed by atoms with van der Waals surface area (Å²) in [6.45, 7) is -0.130. The Hall–Kier alpha value is -3.80. The second-order valence-corrected chi connectivity index (χ2v) is 6.34. The van der Waals surface area contributed by atoms with Gasteiger partial charge in [-0.1, -0.05) is 48.5 Å². The predicted octanol–water partition coefficient (Wildman–Crippen LogP) is 3.58. The molecule has 138 valence electrons. The maximum atomic E-state index is 13.0. The zero-order chi connectivity index (χ0) is 19.3. The van der Waals surface area contributed by atoms with Crippen LogP contribution >= 0.6 is 0 Å². The van der Waals surface area contributed by atoms with Crippen LogP contribution in [0.5, 0.6) is 0 Å². The number of aliphatic imine (C=N–C) groups is 1. The molecule has 0 bridgehead atoms. The summed E-state index contributed by atoms with van der Waals surface area (Å²) in [4.78, 5) is 35.9. The van der Waals surface area contributed by atoms with Crippen molar-refractivity contribution in [3.8, 4) is 0 Å². The molecule has 0 saturated heterocycles. The van der Waals surface area contributed by atoms with E-state index in [1.807, 2.05) is 48.5 Å². The molecule has 1 N–H and O–H groups in total. The number of rotatable bonds is 4. The molecule has 3 aromatic rings. The summed E-state index contributed by atoms with van der Waals surface area (Å²) >= 11 is 0. The molecule has 2 aromatic carbocycles. The first kappa shape index (κ1) is 17.6. The fourth-order valence-electron chi connectivity index (χ4n) is 3.05. The molecule has 4 rings (SSSR count). The van der Waals surface area contributed by atoms with Crippen LogP contribution in [0.2, 0.25) is 0 Å². The SMILES string of the molecule is O=C(CN1C(=O)CC(c2ccccc2)=Nc2cccnc21)Nc1ccccc1. The van der Waals surface area contributed by atoms with Gasteiger partial charge in [0.15, 0.2) is 5.82 Å². The van der Waals surface area contributed by atoms with Gasteiger partial charge in [-0.25, -0.2) is 9.98 Å². The summed E-state index contributed by atoms with van der Waals surface area (Å²) in [5.74, 6) is -0.121. The van der Waals surface area contributed by atoms with Crippen LogP contribution in [0.1, 0.15) is 12.0 Å². The number of nitrogens with zero attached hydrogens (tertiary/aromatic N) is 3. The average Bonchev–Trinajstić information content (AvgIpc) is 2.86. The second kappa shape index (κ2) is 7.84. The van der Waals surface area contributed by atoms with E-state index in [4.69, 9.17) is 0 Å². The molecule has 1 aliphatic rings. The Labute approximate surface area is 162 Å². The summed E-state index contributed by atoms with van der Waals surface area (Å²) in [7, 11) is 0. The van der Waals surface area contributed by atoms with Gasteiger partial charge in [0.25, 0.3) is 0 Å². The van der Waals surface area contributed by atoms with Crippen LogP contribution in [0.3, 0.4) is 0 Å². The smallest absolute Gasteiger partial charge is 0.244 e. The Morgan fingerprint density at radius 1 is 0.964 bits per heavy atom. The minimum atomic E-state index is -0.292. The molecule has 0 atom stereocenters. The minimum absolute atomic E-state index is 0.0962. The van der Waals surface area contributed by atoms with Crippen molar-refractivity contribution in [1.82, 2.24) is 4.98 Å². The standard InChI is InChI=1S/C22H18N4O2/c27-20(24-17-10-5-2-6-11-17)15-26-21(28)14-19(16-8-3-1-4-9-16)25-18-12-7-13-23-22(18)26/h1-13H,14-15H2,(H,24,27). The summed E-state index contributed by atoms with van der Waals surface area (Å²) in [6.07, 6.45) is 1.69. The Morgan fingerprint density at radius 3 is 2.43 bits per heavy atom. The molecule has 2 heterocycles. The molecule has 6 nitrogen and oxygen atoms in total. The number of fused-ring (bicyclic) bond motifs is 1. The number of amides is 2. The lowest BCUT2D eigenvalue weighted by atomic mass is 10.1. The third-order valence-corrected chi connectivity index (χ3v) is 4.36. The van der Waals surface area contributed by atoms with Crippen molar-refractivity contribution in [1.29, 1.82) is 0 Å². The Morgan fingerprint density at radius 2 is 1.68 bits per heavy atom. The van der Waals surface area contributed by atoms with Crippen molar-refractivity contribution in [2.45, 2.75) is 6.42 Å². The largest absolute Gasteiger partial charge is 0.325 e. The molecule has 0 saturated carbocycles. The van der Waals surface area contributed by atoms with Gasteiger partial charge in [-0.2, -0.15) is 0 Å². The number of anilines is 2. The number of carbonyl (C=O) groups is 2. The third kappa shape index (κ3) is 3.81. The fraction of sp³-hybridized carbons (Fsp3) is 0.0909. The monoisotopic (exact) mass is 370 g/mol. The lowest BCUT2D eigenvalue weighted by Crippen LogP contribution is -2.38. The molecular weight excluding hydrogens is 352 g/mol. The summed E-state index contributed by atoms with van der Waals surface area (Å²) in [6, 6.07) is 22.3. The number of hydrogen-bond donors (Lipinski definition) is 1. The zero-order valence-electron chi connectivity index (χ0n) is 15.1. The highest BCUT2D eigenvalue weighted by molar-refractivity contribution is 6.18. The van der Waals surface area contributed by atoms with Crippen molar-refractivity contribution < 1.29 is 9.59 Å². The quantitative estimate of drug-likeness (QED) is 0.763. The van der Waals surface area contributed by atoms with E-state index in [-0.39, 0.29) is 24.8 Å². The molecule has 0 unspecified atom stereocenters. The van der Waals surface area contributed by atoms with Crippen LogP contribution in [0.15, 0.2) is 84.0 Å². The highest BCUT2D eigenvalue weighted by Crippen LogP contribution is 2.30. The number of carbonyl (C=O) groups excluding carboxylic acids is 2. The maximum Gasteiger partial charge on any atom is 0.244 e. The van der Waals surface area contributed by atoms with Gasteiger partial charge in [0.05, 0.1) is 12.1 Å². The van der Waals surface area contributed by atoms with E-state index in [1.54, 1.807) is 30.5 Å². The van der Waals surface area contributed by atoms with Crippen LogP contribution in [0.4, 0.5) is 17.2 Å². The number of hydrogen-bond acceptors (Lipinski definition) is 4. The molecule has 0 spiro atoms. The summed E-state index contributed by atoms with van der Waals surface area (Å²) in [5.41, 5.74) is 2.78. The maximum absolute atomic E-state index is 13.0. The van der Waals surface area contributed by atoms with Gasteiger partial charge in [-0.05, 0) is 29.8 Å². The van der Waals surface area contributed by atoms with E-state index < -0.39 is 0 Å². The van der Waals surface area contributed by atoms with Gasteiger partial charge >= 0.3 is 0 Å². The van der Waals surface area contributed by atoms with Crippen molar-refractivity contribution in [3.05, 3.63) is 84.6 Å². The van der Waals surface area contributed by atoms with Gasteiger partial charge in [-0.3, -0.25) is 14.5 Å². The number of benzene rings is 2. The van der Waals surface area contributed by atoms with Gasteiger partial charge in [0.2, 0.25) is 11.8 Å². The minimum Gasteiger partial charge on any atom is -0.325 e. The van der Waals surface area contributed by atoms with E-state index in [1.165, 1.54) is 4.90 Å². The molecule has 28 heavy (non-hydrogen) atoms. The normalized spacial score (nSPS) is 13.4. The van der Waals surface area contributed by atoms with Crippen LogP contribution in [0.25, 0.3) is 0 Å². The molecule has 1 aromatic heterocycles. The first-order chi connectivity index (χ1) is 13.7. The van der Waals surface area contributed by atoms with Crippen molar-refractivity contribution in [2.24, 2.45) is 4.99 Å². The van der Waals surface area contributed by atoms with Crippen molar-refractivity contribution in [2.75, 3.05) is 16.8 Å². The molecule has 0 radical (unpaired) electrons. The van der Waals surface area contributed by atoms with E-state index in [0.29, 0.717) is 22.9 Å². The van der Waals surface area contributed by atoms with Gasteiger partial charge in [0, 0.05) is 11.9 Å². The summed E-state index contributed by atoms with van der Waals surface area (Å²) < 4.78 is 0. The number of para-hydroxylation sites is 1. The predicted molar refractivity (Wildman–Crippen MR) is 109 cm³/mol.